The number of hydrogen-bond acceptors (Lipinski definition) is 2. The number of hydrogen-bond donors (Lipinski definition) is 0. The molecular weight excluding hydrogens is 598 g/mol. The molecular formula is C15H19N2O2RbWY-2. The molecule has 4 nitrogen and oxygen atoms in total. The second kappa shape index (κ2) is 14.1. The monoisotopic (exact) mass is 617 g/mol. The number of unbranched alkanes of at least 4 members (excludes halogenated alkanes) is 1. The van der Waals surface area contributed by atoms with E-state index in [1.54, 1.807) is 18.0 Å². The topological polar surface area (TPSA) is 43.6 Å². The second-order valence-corrected chi connectivity index (χ2v) is 4.54. The van der Waals surface area contributed by atoms with E-state index in [2.05, 4.69) is 12.2 Å². The van der Waals surface area contributed by atoms with E-state index in [-0.39, 0.29) is 118 Å². The van der Waals surface area contributed by atoms with E-state index in [9.17, 15) is 4.79 Å². The maximum Gasteiger partial charge on any atom is 1.00 e. The van der Waals surface area contributed by atoms with Crippen LogP contribution in [0.1, 0.15) is 28.8 Å². The number of benzene rings is 1. The zero-order chi connectivity index (χ0) is 13.7. The Morgan fingerprint density at radius 2 is 2.18 bits per heavy atom. The quantitative estimate of drug-likeness (QED) is 0.335. The van der Waals surface area contributed by atoms with Crippen LogP contribution in [0.3, 0.4) is 0 Å². The number of ether oxygens (including phenoxy) is 1. The Morgan fingerprint density at radius 3 is 2.86 bits per heavy atom. The third-order valence-corrected chi connectivity index (χ3v) is 3.06. The van der Waals surface area contributed by atoms with Gasteiger partial charge in [0.15, 0.2) is 0 Å². The zero-order valence-corrected chi connectivity index (χ0v) is 23.9. The van der Waals surface area contributed by atoms with Gasteiger partial charge in [0.05, 0.1) is 0 Å². The molecule has 1 aromatic rings. The molecule has 1 radical (unpaired) electrons. The second-order valence-electron chi connectivity index (χ2n) is 4.54. The van der Waals surface area contributed by atoms with Gasteiger partial charge in [-0.15, -0.1) is 6.07 Å². The molecule has 22 heavy (non-hydrogen) atoms. The average Bonchev–Trinajstić information content (AvgIpc) is 2.56. The van der Waals surface area contributed by atoms with Crippen molar-refractivity contribution in [2.45, 2.75) is 12.8 Å². The zero-order valence-electron chi connectivity index (χ0n) is 13.2. The van der Waals surface area contributed by atoms with Gasteiger partial charge in [-0.05, 0) is 0 Å². The van der Waals surface area contributed by atoms with Crippen LogP contribution in [-0.2, 0) is 53.8 Å². The van der Waals surface area contributed by atoms with Crippen LogP contribution in [0.2, 0.25) is 0 Å². The van der Waals surface area contributed by atoms with Gasteiger partial charge in [-0.2, -0.15) is 38.6 Å². The number of nitrogens with zero attached hydrogens (tertiary/aromatic N) is 2. The predicted octanol–water partition coefficient (Wildman–Crippen LogP) is -0.352. The van der Waals surface area contributed by atoms with Crippen molar-refractivity contribution < 1.29 is 121 Å². The van der Waals surface area contributed by atoms with Crippen LogP contribution in [0, 0.1) is 13.5 Å². The molecule has 1 aromatic carbocycles. The number of carbonyl (C=O) groups is 1. The smallest absolute Gasteiger partial charge is 0.665 e. The largest absolute Gasteiger partial charge is 1.00 e. The minimum atomic E-state index is -0.00793. The summed E-state index contributed by atoms with van der Waals surface area (Å²) in [6.45, 7) is 7.73. The first kappa shape index (κ1) is 26.1. The maximum atomic E-state index is 12.4. The van der Waals surface area contributed by atoms with Gasteiger partial charge in [0.1, 0.15) is 12.4 Å². The summed E-state index contributed by atoms with van der Waals surface area (Å²) in [6.07, 6.45) is 1.81. The van der Waals surface area contributed by atoms with Crippen LogP contribution >= 0.6 is 0 Å². The molecule has 7 heteroatoms. The van der Waals surface area contributed by atoms with Crippen molar-refractivity contribution in [3.8, 4) is 5.75 Å². The molecule has 0 unspecified atom stereocenters. The first-order valence-electron chi connectivity index (χ1n) is 6.51. The van der Waals surface area contributed by atoms with Crippen LogP contribution in [0.25, 0.3) is 5.32 Å². The van der Waals surface area contributed by atoms with E-state index < -0.39 is 0 Å². The summed E-state index contributed by atoms with van der Waals surface area (Å²) < 4.78 is 5.60. The van der Waals surface area contributed by atoms with Gasteiger partial charge in [-0.25, -0.2) is 6.54 Å². The molecule has 1 aliphatic rings. The van der Waals surface area contributed by atoms with Crippen LogP contribution in [0.5, 0.6) is 5.75 Å². The van der Waals surface area contributed by atoms with E-state index in [1.165, 1.54) is 0 Å². The third kappa shape index (κ3) is 7.87. The van der Waals surface area contributed by atoms with Gasteiger partial charge >= 0.3 is 58.2 Å². The van der Waals surface area contributed by atoms with Crippen LogP contribution < -0.4 is 62.9 Å². The standard InChI is InChI=1S/C15H19N2O2.Rb.W.Y/c1-12-5-6-14-13(11-12)15(18)17(9-10-19-14)8-4-3-7-16-2;;;/h5-6,8,11H,1,3-4,7,9-10H2,2H3;;;/q-3;+1;;. The molecule has 1 amide bonds. The summed E-state index contributed by atoms with van der Waals surface area (Å²) in [5.41, 5.74) is 1.42. The maximum absolute atomic E-state index is 12.4. The van der Waals surface area contributed by atoms with Gasteiger partial charge in [-0.3, -0.25) is 4.79 Å². The first-order valence-corrected chi connectivity index (χ1v) is 6.51. The van der Waals surface area contributed by atoms with Gasteiger partial charge in [0.2, 0.25) is 5.91 Å². The van der Waals surface area contributed by atoms with E-state index in [1.807, 2.05) is 18.7 Å². The SMILES string of the molecule is [CH2-]c1ccc2c(c1)C(=O)N([CH-]CCC[N-]C)CCO2.[Rb+].[W].[Y]. The van der Waals surface area contributed by atoms with Crippen molar-refractivity contribution in [3.05, 3.63) is 48.1 Å². The molecule has 2 rings (SSSR count). The number of rotatable bonds is 5. The minimum absolute atomic E-state index is 0. The summed E-state index contributed by atoms with van der Waals surface area (Å²) in [4.78, 5) is 14.2. The van der Waals surface area contributed by atoms with E-state index in [0.717, 1.165) is 24.9 Å². The predicted molar refractivity (Wildman–Crippen MR) is 75.1 cm³/mol. The fourth-order valence-corrected chi connectivity index (χ4v) is 2.05. The Bertz CT molecular complexity index is 463. The molecule has 0 N–H and O–H groups in total. The first-order chi connectivity index (χ1) is 9.22. The average molecular weight is 618 g/mol. The summed E-state index contributed by atoms with van der Waals surface area (Å²) in [5.74, 6) is 0.642. The van der Waals surface area contributed by atoms with Gasteiger partial charge < -0.3 is 15.0 Å². The molecule has 1 heterocycles. The fourth-order valence-electron chi connectivity index (χ4n) is 2.05. The molecule has 0 bridgehead atoms. The Morgan fingerprint density at radius 1 is 1.45 bits per heavy atom. The van der Waals surface area contributed by atoms with E-state index >= 15 is 0 Å². The van der Waals surface area contributed by atoms with Crippen molar-refractivity contribution in [1.82, 2.24) is 4.90 Å². The summed E-state index contributed by atoms with van der Waals surface area (Å²) in [6, 6.07) is 5.45. The van der Waals surface area contributed by atoms with E-state index in [4.69, 9.17) is 4.74 Å². The Hall–Kier alpha value is 1.92. The number of carbonyl (C=O) groups excluding carboxylic acids is 1. The molecule has 1 aliphatic heterocycles. The van der Waals surface area contributed by atoms with Gasteiger partial charge in [0, 0.05) is 65.9 Å². The molecule has 0 saturated carbocycles. The van der Waals surface area contributed by atoms with Crippen molar-refractivity contribution in [3.63, 3.8) is 0 Å². The Kier molecular flexibility index (Phi) is 16.8. The van der Waals surface area contributed by atoms with Crippen LogP contribution in [0.15, 0.2) is 18.2 Å². The normalized spacial score (nSPS) is 12.8. The summed E-state index contributed by atoms with van der Waals surface area (Å²) in [5, 5.41) is 4.05. The van der Waals surface area contributed by atoms with Gasteiger partial charge in [0.25, 0.3) is 0 Å². The van der Waals surface area contributed by atoms with E-state index in [0.29, 0.717) is 24.5 Å². The molecule has 0 saturated heterocycles. The van der Waals surface area contributed by atoms with Crippen molar-refractivity contribution in [2.75, 3.05) is 26.7 Å². The van der Waals surface area contributed by atoms with Crippen molar-refractivity contribution >= 4 is 5.91 Å². The van der Waals surface area contributed by atoms with Gasteiger partial charge in [-0.1, -0.05) is 12.5 Å². The van der Waals surface area contributed by atoms with Crippen molar-refractivity contribution in [2.24, 2.45) is 0 Å². The molecule has 0 aliphatic carbocycles. The molecule has 113 valence electrons. The minimum Gasteiger partial charge on any atom is -0.665 e. The third-order valence-electron chi connectivity index (χ3n) is 3.06. The molecule has 0 spiro atoms. The molecule has 0 aromatic heterocycles. The Balaban J connectivity index is 0. The van der Waals surface area contributed by atoms with Crippen LogP contribution in [-0.4, -0.2) is 37.6 Å². The van der Waals surface area contributed by atoms with Crippen LogP contribution in [0.4, 0.5) is 0 Å². The molecule has 0 fully saturated rings. The number of fused-ring (bicyclic) bond motifs is 1. The summed E-state index contributed by atoms with van der Waals surface area (Å²) in [7, 11) is 1.80. The fraction of sp³-hybridized carbons (Fsp3) is 0.400. The van der Waals surface area contributed by atoms with Crippen molar-refractivity contribution in [1.29, 1.82) is 0 Å². The Labute approximate surface area is 221 Å². The summed E-state index contributed by atoms with van der Waals surface area (Å²) >= 11 is 0. The molecule has 0 atom stereocenters. The number of amides is 1.